The van der Waals surface area contributed by atoms with Crippen LogP contribution in [0.25, 0.3) is 0 Å². The third-order valence-corrected chi connectivity index (χ3v) is 5.80. The maximum atomic E-state index is 12.4. The highest BCUT2D eigenvalue weighted by atomic mass is 32.2. The van der Waals surface area contributed by atoms with Gasteiger partial charge in [0.25, 0.3) is 0 Å². The smallest absolute Gasteiger partial charge is 0.181 e. The van der Waals surface area contributed by atoms with Gasteiger partial charge in [-0.25, -0.2) is 8.42 Å². The van der Waals surface area contributed by atoms with Crippen molar-refractivity contribution in [2.75, 3.05) is 19.7 Å². The van der Waals surface area contributed by atoms with Gasteiger partial charge >= 0.3 is 0 Å². The van der Waals surface area contributed by atoms with E-state index in [-0.39, 0.29) is 11.4 Å². The molecule has 1 atom stereocenters. The first-order valence-corrected chi connectivity index (χ1v) is 7.89. The molecular weight excluding hydrogens is 250 g/mol. The number of sulfone groups is 1. The van der Waals surface area contributed by atoms with E-state index in [1.54, 1.807) is 12.1 Å². The van der Waals surface area contributed by atoms with Crippen LogP contribution in [-0.2, 0) is 14.6 Å². The van der Waals surface area contributed by atoms with Crippen LogP contribution in [0.5, 0.6) is 0 Å². The molecule has 1 aliphatic heterocycles. The lowest BCUT2D eigenvalue weighted by atomic mass is 10.1. The summed E-state index contributed by atoms with van der Waals surface area (Å²) in [4.78, 5) is 0.459. The molecule has 18 heavy (non-hydrogen) atoms. The lowest BCUT2D eigenvalue weighted by Crippen LogP contribution is -2.34. The normalized spacial score (nSPS) is 25.0. The second-order valence-corrected chi connectivity index (χ2v) is 7.04. The van der Waals surface area contributed by atoms with E-state index in [0.29, 0.717) is 18.0 Å². The first-order chi connectivity index (χ1) is 8.69. The molecule has 2 aliphatic rings. The van der Waals surface area contributed by atoms with Crippen LogP contribution in [0.3, 0.4) is 0 Å². The molecule has 1 heterocycles. The van der Waals surface area contributed by atoms with Crippen molar-refractivity contribution in [3.8, 4) is 0 Å². The van der Waals surface area contributed by atoms with Gasteiger partial charge in [0.2, 0.25) is 0 Å². The number of nitrogens with one attached hydrogen (secondary N) is 1. The average molecular weight is 267 g/mol. The van der Waals surface area contributed by atoms with Crippen LogP contribution in [0, 0.1) is 0 Å². The summed E-state index contributed by atoms with van der Waals surface area (Å²) in [5.41, 5.74) is 0.802. The number of rotatable bonds is 3. The molecule has 0 aromatic heterocycles. The third-order valence-electron chi connectivity index (χ3n) is 3.46. The fraction of sp³-hybridized carbons (Fsp3) is 0.538. The zero-order chi connectivity index (χ0) is 12.6. The molecule has 1 saturated carbocycles. The predicted octanol–water partition coefficient (Wildman–Crippen LogP) is 1.28. The minimum Gasteiger partial charge on any atom is -0.371 e. The van der Waals surface area contributed by atoms with Gasteiger partial charge in [0.15, 0.2) is 9.84 Å². The fourth-order valence-electron chi connectivity index (χ4n) is 2.33. The van der Waals surface area contributed by atoms with Crippen LogP contribution < -0.4 is 5.32 Å². The predicted molar refractivity (Wildman–Crippen MR) is 68.2 cm³/mol. The summed E-state index contributed by atoms with van der Waals surface area (Å²) in [7, 11) is -3.15. The van der Waals surface area contributed by atoms with E-state index < -0.39 is 9.84 Å². The van der Waals surface area contributed by atoms with E-state index in [1.165, 1.54) is 0 Å². The van der Waals surface area contributed by atoms with Crippen LogP contribution in [0.15, 0.2) is 29.2 Å². The molecule has 1 N–H and O–H groups in total. The molecule has 1 aromatic carbocycles. The molecule has 1 saturated heterocycles. The number of morpholine rings is 1. The minimum atomic E-state index is -3.15. The van der Waals surface area contributed by atoms with Gasteiger partial charge in [-0.3, -0.25) is 0 Å². The van der Waals surface area contributed by atoms with Gasteiger partial charge in [-0.1, -0.05) is 18.2 Å². The maximum absolute atomic E-state index is 12.4. The molecule has 98 valence electrons. The molecule has 1 aromatic rings. The second-order valence-electron chi connectivity index (χ2n) is 4.85. The van der Waals surface area contributed by atoms with Gasteiger partial charge in [-0.2, -0.15) is 0 Å². The Kier molecular flexibility index (Phi) is 3.13. The number of ether oxygens (including phenoxy) is 1. The summed E-state index contributed by atoms with van der Waals surface area (Å²) in [5.74, 6) is 0. The lowest BCUT2D eigenvalue weighted by Gasteiger charge is -2.25. The molecule has 0 radical (unpaired) electrons. The van der Waals surface area contributed by atoms with Crippen molar-refractivity contribution < 1.29 is 13.2 Å². The number of benzene rings is 1. The fourth-order valence-corrected chi connectivity index (χ4v) is 4.24. The first kappa shape index (κ1) is 12.1. The molecule has 0 bridgehead atoms. The monoisotopic (exact) mass is 267 g/mol. The molecule has 0 spiro atoms. The van der Waals surface area contributed by atoms with Gasteiger partial charge in [-0.05, 0) is 18.9 Å². The van der Waals surface area contributed by atoms with Crippen LogP contribution in [-0.4, -0.2) is 33.4 Å². The summed E-state index contributed by atoms with van der Waals surface area (Å²) in [5, 5.41) is 3.07. The minimum absolute atomic E-state index is 0.150. The Hall–Kier alpha value is -0.910. The summed E-state index contributed by atoms with van der Waals surface area (Å²) >= 11 is 0. The van der Waals surface area contributed by atoms with Gasteiger partial charge in [0, 0.05) is 18.7 Å². The maximum Gasteiger partial charge on any atom is 0.181 e. The molecule has 0 amide bonds. The van der Waals surface area contributed by atoms with E-state index >= 15 is 0 Å². The van der Waals surface area contributed by atoms with E-state index in [0.717, 1.165) is 24.9 Å². The van der Waals surface area contributed by atoms with Crippen molar-refractivity contribution in [3.63, 3.8) is 0 Å². The van der Waals surface area contributed by atoms with Gasteiger partial charge in [0.1, 0.15) is 0 Å². The zero-order valence-electron chi connectivity index (χ0n) is 10.1. The quantitative estimate of drug-likeness (QED) is 0.896. The van der Waals surface area contributed by atoms with Crippen LogP contribution >= 0.6 is 0 Å². The van der Waals surface area contributed by atoms with Crippen molar-refractivity contribution in [2.45, 2.75) is 29.1 Å². The SMILES string of the molecule is O=S(=O)(c1ccccc1C1CNCCO1)C1CC1. The van der Waals surface area contributed by atoms with Crippen LogP contribution in [0.4, 0.5) is 0 Å². The topological polar surface area (TPSA) is 55.4 Å². The molecule has 2 fully saturated rings. The number of hydrogen-bond acceptors (Lipinski definition) is 4. The summed E-state index contributed by atoms with van der Waals surface area (Å²) < 4.78 is 30.4. The molecule has 3 rings (SSSR count). The van der Waals surface area contributed by atoms with Crippen LogP contribution in [0.2, 0.25) is 0 Å². The summed E-state index contributed by atoms with van der Waals surface area (Å²) in [6.07, 6.45) is 1.43. The first-order valence-electron chi connectivity index (χ1n) is 6.35. The van der Waals surface area contributed by atoms with Gasteiger partial charge in [-0.15, -0.1) is 0 Å². The summed E-state index contributed by atoms with van der Waals surface area (Å²) in [6, 6.07) is 7.24. The molecule has 1 unspecified atom stereocenters. The molecule has 5 heteroatoms. The highest BCUT2D eigenvalue weighted by Gasteiger charge is 2.39. The zero-order valence-corrected chi connectivity index (χ0v) is 10.9. The largest absolute Gasteiger partial charge is 0.371 e. The van der Waals surface area contributed by atoms with E-state index in [9.17, 15) is 8.42 Å². The van der Waals surface area contributed by atoms with Crippen molar-refractivity contribution in [1.82, 2.24) is 5.32 Å². The van der Waals surface area contributed by atoms with Crippen LogP contribution in [0.1, 0.15) is 24.5 Å². The molecule has 4 nitrogen and oxygen atoms in total. The highest BCUT2D eigenvalue weighted by Crippen LogP contribution is 2.37. The van der Waals surface area contributed by atoms with Gasteiger partial charge in [0.05, 0.1) is 22.9 Å². The second kappa shape index (κ2) is 4.64. The molecular formula is C13H17NO3S. The Morgan fingerprint density at radius 1 is 1.22 bits per heavy atom. The lowest BCUT2D eigenvalue weighted by molar-refractivity contribution is 0.0260. The Balaban J connectivity index is 1.99. The van der Waals surface area contributed by atoms with E-state index in [2.05, 4.69) is 5.32 Å². The Bertz CT molecular complexity index is 531. The third kappa shape index (κ3) is 2.18. The molecule has 1 aliphatic carbocycles. The Morgan fingerprint density at radius 2 is 2.00 bits per heavy atom. The summed E-state index contributed by atoms with van der Waals surface area (Å²) in [6.45, 7) is 2.13. The standard InChI is InChI=1S/C13H17NO3S/c15-18(16,10-5-6-10)13-4-2-1-3-11(13)12-9-14-7-8-17-12/h1-4,10,12,14H,5-9H2. The Labute approximate surface area is 107 Å². The van der Waals surface area contributed by atoms with Crippen molar-refractivity contribution in [1.29, 1.82) is 0 Å². The number of hydrogen-bond donors (Lipinski definition) is 1. The van der Waals surface area contributed by atoms with Crippen molar-refractivity contribution >= 4 is 9.84 Å². The average Bonchev–Trinajstić information content (AvgIpc) is 3.24. The highest BCUT2D eigenvalue weighted by molar-refractivity contribution is 7.92. The van der Waals surface area contributed by atoms with Crippen molar-refractivity contribution in [3.05, 3.63) is 29.8 Å². The van der Waals surface area contributed by atoms with Crippen molar-refractivity contribution in [2.24, 2.45) is 0 Å². The van der Waals surface area contributed by atoms with E-state index in [1.807, 2.05) is 12.1 Å². The van der Waals surface area contributed by atoms with E-state index in [4.69, 9.17) is 4.74 Å². The Morgan fingerprint density at radius 3 is 2.67 bits per heavy atom. The van der Waals surface area contributed by atoms with Gasteiger partial charge < -0.3 is 10.1 Å².